The Morgan fingerprint density at radius 3 is 1.50 bits per heavy atom. The fourth-order valence-electron chi connectivity index (χ4n) is 3.78. The molecule has 13 heteroatoms. The quantitative estimate of drug-likeness (QED) is 0.135. The minimum absolute atomic E-state index is 0.0117. The summed E-state index contributed by atoms with van der Waals surface area (Å²) in [5, 5.41) is 25.7. The molecule has 0 aliphatic carbocycles. The predicted molar refractivity (Wildman–Crippen MR) is 142 cm³/mol. The SMILES string of the molecule is NC(=O)CC(N)C(=O)NC(Cc1ccccc1)C(=O)NC(Cc1ccccc1)C(=O)NC(CCC(=O)O)C(=O)O. The second-order valence-corrected chi connectivity index (χ2v) is 9.11. The fourth-order valence-corrected chi connectivity index (χ4v) is 3.78. The van der Waals surface area contributed by atoms with Crippen molar-refractivity contribution in [2.45, 2.75) is 56.3 Å². The van der Waals surface area contributed by atoms with Crippen LogP contribution in [0.15, 0.2) is 60.7 Å². The molecule has 0 aliphatic heterocycles. The summed E-state index contributed by atoms with van der Waals surface area (Å²) in [6, 6.07) is 12.0. The molecule has 2 aromatic rings. The first-order chi connectivity index (χ1) is 19.0. The van der Waals surface area contributed by atoms with Crippen LogP contribution in [0.25, 0.3) is 0 Å². The molecule has 2 rings (SSSR count). The van der Waals surface area contributed by atoms with Gasteiger partial charge in [-0.1, -0.05) is 60.7 Å². The van der Waals surface area contributed by atoms with Gasteiger partial charge >= 0.3 is 11.9 Å². The average molecular weight is 556 g/mol. The van der Waals surface area contributed by atoms with E-state index in [1.807, 2.05) is 0 Å². The van der Waals surface area contributed by atoms with E-state index in [-0.39, 0.29) is 19.3 Å². The molecular formula is C27H33N5O8. The van der Waals surface area contributed by atoms with Crippen LogP contribution in [0.2, 0.25) is 0 Å². The molecule has 2 aromatic carbocycles. The van der Waals surface area contributed by atoms with E-state index in [1.165, 1.54) is 0 Å². The zero-order valence-electron chi connectivity index (χ0n) is 21.6. The first kappa shape index (κ1) is 31.4. The van der Waals surface area contributed by atoms with Gasteiger partial charge in [0, 0.05) is 19.3 Å². The molecule has 0 heterocycles. The second kappa shape index (κ2) is 15.6. The maximum Gasteiger partial charge on any atom is 0.326 e. The van der Waals surface area contributed by atoms with E-state index in [9.17, 15) is 33.9 Å². The third kappa shape index (κ3) is 10.9. The van der Waals surface area contributed by atoms with E-state index in [2.05, 4.69) is 16.0 Å². The van der Waals surface area contributed by atoms with Crippen molar-refractivity contribution >= 4 is 35.6 Å². The van der Waals surface area contributed by atoms with Crippen molar-refractivity contribution in [2.24, 2.45) is 11.5 Å². The lowest BCUT2D eigenvalue weighted by Crippen LogP contribution is -2.58. The van der Waals surface area contributed by atoms with Crippen LogP contribution in [0.4, 0.5) is 0 Å². The Balaban J connectivity index is 2.30. The molecule has 4 unspecified atom stereocenters. The van der Waals surface area contributed by atoms with Crippen molar-refractivity contribution in [3.63, 3.8) is 0 Å². The van der Waals surface area contributed by atoms with E-state index in [0.717, 1.165) is 0 Å². The van der Waals surface area contributed by atoms with Crippen LogP contribution >= 0.6 is 0 Å². The largest absolute Gasteiger partial charge is 0.481 e. The molecule has 0 spiro atoms. The van der Waals surface area contributed by atoms with Gasteiger partial charge in [-0.3, -0.25) is 24.0 Å². The smallest absolute Gasteiger partial charge is 0.326 e. The number of carbonyl (C=O) groups is 6. The molecule has 9 N–H and O–H groups in total. The van der Waals surface area contributed by atoms with Crippen LogP contribution in [0.5, 0.6) is 0 Å². The summed E-state index contributed by atoms with van der Waals surface area (Å²) in [5.41, 5.74) is 12.2. The van der Waals surface area contributed by atoms with Crippen molar-refractivity contribution in [1.82, 2.24) is 16.0 Å². The summed E-state index contributed by atoms with van der Waals surface area (Å²) in [5.74, 6) is -5.90. The van der Waals surface area contributed by atoms with Crippen LogP contribution in [-0.2, 0) is 41.6 Å². The van der Waals surface area contributed by atoms with Crippen LogP contribution < -0.4 is 27.4 Å². The van der Waals surface area contributed by atoms with E-state index in [1.54, 1.807) is 60.7 Å². The van der Waals surface area contributed by atoms with Gasteiger partial charge in [0.2, 0.25) is 23.6 Å². The first-order valence-corrected chi connectivity index (χ1v) is 12.4. The highest BCUT2D eigenvalue weighted by molar-refractivity contribution is 5.95. The van der Waals surface area contributed by atoms with E-state index >= 15 is 0 Å². The molecule has 0 aromatic heterocycles. The number of hydrogen-bond acceptors (Lipinski definition) is 7. The third-order valence-corrected chi connectivity index (χ3v) is 5.85. The van der Waals surface area contributed by atoms with Crippen LogP contribution in [0.3, 0.4) is 0 Å². The molecule has 0 bridgehead atoms. The van der Waals surface area contributed by atoms with Crippen molar-refractivity contribution in [3.05, 3.63) is 71.8 Å². The molecule has 0 fully saturated rings. The predicted octanol–water partition coefficient (Wildman–Crippen LogP) is -0.922. The van der Waals surface area contributed by atoms with Gasteiger partial charge in [-0.2, -0.15) is 0 Å². The average Bonchev–Trinajstić information content (AvgIpc) is 2.90. The van der Waals surface area contributed by atoms with Crippen molar-refractivity contribution in [3.8, 4) is 0 Å². The van der Waals surface area contributed by atoms with Gasteiger partial charge in [0.15, 0.2) is 0 Å². The maximum atomic E-state index is 13.4. The number of benzene rings is 2. The lowest BCUT2D eigenvalue weighted by Gasteiger charge is -2.25. The number of rotatable bonds is 16. The lowest BCUT2D eigenvalue weighted by atomic mass is 10.0. The van der Waals surface area contributed by atoms with Gasteiger partial charge in [0.1, 0.15) is 18.1 Å². The number of nitrogens with one attached hydrogen (secondary N) is 3. The van der Waals surface area contributed by atoms with Crippen LogP contribution in [0, 0.1) is 0 Å². The minimum atomic E-state index is -1.51. The summed E-state index contributed by atoms with van der Waals surface area (Å²) >= 11 is 0. The third-order valence-electron chi connectivity index (χ3n) is 5.85. The van der Waals surface area contributed by atoms with E-state index in [0.29, 0.717) is 11.1 Å². The molecule has 4 amide bonds. The first-order valence-electron chi connectivity index (χ1n) is 12.4. The minimum Gasteiger partial charge on any atom is -0.481 e. The molecule has 0 saturated heterocycles. The van der Waals surface area contributed by atoms with Crippen molar-refractivity contribution < 1.29 is 39.0 Å². The molecule has 0 saturated carbocycles. The topological polar surface area (TPSA) is 231 Å². The Labute approximate surface area is 230 Å². The monoisotopic (exact) mass is 555 g/mol. The second-order valence-electron chi connectivity index (χ2n) is 9.11. The normalized spacial score (nSPS) is 13.6. The molecule has 0 aliphatic rings. The number of nitrogens with two attached hydrogens (primary N) is 2. The van der Waals surface area contributed by atoms with Gasteiger partial charge in [-0.15, -0.1) is 0 Å². The Kier molecular flexibility index (Phi) is 12.3. The molecular weight excluding hydrogens is 522 g/mol. The highest BCUT2D eigenvalue weighted by Crippen LogP contribution is 2.09. The van der Waals surface area contributed by atoms with Gasteiger partial charge in [0.05, 0.1) is 12.5 Å². The Morgan fingerprint density at radius 1 is 0.675 bits per heavy atom. The van der Waals surface area contributed by atoms with Crippen LogP contribution in [0.1, 0.15) is 30.4 Å². The Bertz CT molecular complexity index is 1190. The summed E-state index contributed by atoms with van der Waals surface area (Å²) < 4.78 is 0. The zero-order valence-corrected chi connectivity index (χ0v) is 21.6. The highest BCUT2D eigenvalue weighted by Gasteiger charge is 2.31. The number of carboxylic acid groups (broad SMARTS) is 2. The van der Waals surface area contributed by atoms with Gasteiger partial charge in [-0.05, 0) is 17.5 Å². The molecule has 0 radical (unpaired) electrons. The number of amides is 4. The van der Waals surface area contributed by atoms with Gasteiger partial charge in [-0.25, -0.2) is 4.79 Å². The Morgan fingerprint density at radius 2 is 1.10 bits per heavy atom. The summed E-state index contributed by atoms with van der Waals surface area (Å²) in [4.78, 5) is 73.0. The number of carbonyl (C=O) groups excluding carboxylic acids is 4. The van der Waals surface area contributed by atoms with E-state index in [4.69, 9.17) is 16.6 Å². The number of carboxylic acids is 2. The summed E-state index contributed by atoms with van der Waals surface area (Å²) in [6.07, 6.45) is -1.33. The molecule has 13 nitrogen and oxygen atoms in total. The van der Waals surface area contributed by atoms with Crippen molar-refractivity contribution in [1.29, 1.82) is 0 Å². The lowest BCUT2D eigenvalue weighted by molar-refractivity contribution is -0.143. The standard InChI is InChI=1S/C27H33N5O8/c28-18(15-22(29)33)24(36)31-20(13-16-7-3-1-4-8-16)26(38)32-21(14-17-9-5-2-6-10-17)25(37)30-19(27(39)40)11-12-23(34)35/h1-10,18-21H,11-15,28H2,(H2,29,33)(H,30,37)(H,31,36)(H,32,38)(H,34,35)(H,39,40). The zero-order chi connectivity index (χ0) is 29.7. The van der Waals surface area contributed by atoms with Crippen molar-refractivity contribution in [2.75, 3.05) is 0 Å². The number of aliphatic carboxylic acids is 2. The maximum absolute atomic E-state index is 13.4. The number of primary amides is 1. The van der Waals surface area contributed by atoms with Gasteiger partial charge in [0.25, 0.3) is 0 Å². The number of hydrogen-bond donors (Lipinski definition) is 7. The molecule has 214 valence electrons. The van der Waals surface area contributed by atoms with Crippen LogP contribution in [-0.4, -0.2) is 69.9 Å². The molecule has 40 heavy (non-hydrogen) atoms. The molecule has 4 atom stereocenters. The summed E-state index contributed by atoms with van der Waals surface area (Å²) in [6.45, 7) is 0. The Hall–Kier alpha value is -4.78. The summed E-state index contributed by atoms with van der Waals surface area (Å²) in [7, 11) is 0. The van der Waals surface area contributed by atoms with Gasteiger partial charge < -0.3 is 37.6 Å². The fraction of sp³-hybridized carbons (Fsp3) is 0.333. The highest BCUT2D eigenvalue weighted by atomic mass is 16.4. The van der Waals surface area contributed by atoms with E-state index < -0.39 is 72.6 Å².